The van der Waals surface area contributed by atoms with Crippen molar-refractivity contribution in [2.24, 2.45) is 0 Å². The zero-order valence-electron chi connectivity index (χ0n) is 12.5. The highest BCUT2D eigenvalue weighted by Crippen LogP contribution is 2.26. The maximum absolute atomic E-state index is 12.3. The predicted octanol–water partition coefficient (Wildman–Crippen LogP) is 2.87. The van der Waals surface area contributed by atoms with Gasteiger partial charge >= 0.3 is 0 Å². The topological polar surface area (TPSA) is 58.1 Å². The van der Waals surface area contributed by atoms with Gasteiger partial charge in [0.05, 0.1) is 6.04 Å². The van der Waals surface area contributed by atoms with E-state index in [1.165, 1.54) is 11.3 Å². The molecule has 0 fully saturated rings. The summed E-state index contributed by atoms with van der Waals surface area (Å²) in [6, 6.07) is 9.69. The van der Waals surface area contributed by atoms with Gasteiger partial charge in [0.1, 0.15) is 5.01 Å². The number of aromatic nitrogens is 2. The first-order chi connectivity index (χ1) is 10.1. The summed E-state index contributed by atoms with van der Waals surface area (Å²) in [6.45, 7) is 2.07. The Kier molecular flexibility index (Phi) is 5.41. The van der Waals surface area contributed by atoms with Crippen LogP contribution in [0.25, 0.3) is 10.6 Å². The molecule has 0 aliphatic rings. The number of carbonyl (C=O) groups excluding carboxylic acids is 1. The summed E-state index contributed by atoms with van der Waals surface area (Å²) in [7, 11) is 3.82. The zero-order valence-corrected chi connectivity index (χ0v) is 13.4. The molecule has 112 valence electrons. The molecule has 6 heteroatoms. The lowest BCUT2D eigenvalue weighted by Crippen LogP contribution is -2.39. The number of carbonyl (C=O) groups is 1. The van der Waals surface area contributed by atoms with Gasteiger partial charge in [0, 0.05) is 5.56 Å². The van der Waals surface area contributed by atoms with Gasteiger partial charge in [-0.2, -0.15) is 0 Å². The van der Waals surface area contributed by atoms with Crippen LogP contribution in [0.4, 0.5) is 5.13 Å². The molecule has 0 aliphatic heterocycles. The number of likely N-dealkylation sites (N-methyl/N-ethyl adjacent to an activating group) is 1. The third-order valence-corrected chi connectivity index (χ3v) is 4.05. The third kappa shape index (κ3) is 4.09. The second kappa shape index (κ2) is 7.28. The van der Waals surface area contributed by atoms with Crippen LogP contribution in [0.15, 0.2) is 30.3 Å². The number of hydrogen-bond acceptors (Lipinski definition) is 5. The van der Waals surface area contributed by atoms with Crippen LogP contribution in [0.3, 0.4) is 0 Å². The van der Waals surface area contributed by atoms with Crippen LogP contribution in [0.2, 0.25) is 0 Å². The van der Waals surface area contributed by atoms with E-state index in [4.69, 9.17) is 0 Å². The van der Waals surface area contributed by atoms with Crippen molar-refractivity contribution >= 4 is 22.4 Å². The predicted molar refractivity (Wildman–Crippen MR) is 86.4 cm³/mol. The van der Waals surface area contributed by atoms with E-state index in [1.807, 2.05) is 49.3 Å². The van der Waals surface area contributed by atoms with Crippen LogP contribution >= 0.6 is 11.3 Å². The Labute approximate surface area is 129 Å². The molecule has 0 spiro atoms. The molecule has 21 heavy (non-hydrogen) atoms. The minimum absolute atomic E-state index is 0.0300. The Balaban J connectivity index is 2.07. The van der Waals surface area contributed by atoms with Gasteiger partial charge < -0.3 is 0 Å². The van der Waals surface area contributed by atoms with E-state index in [9.17, 15) is 4.79 Å². The molecular formula is C15H20N4OS. The van der Waals surface area contributed by atoms with Gasteiger partial charge in [-0.25, -0.2) is 0 Å². The van der Waals surface area contributed by atoms with Gasteiger partial charge in [-0.1, -0.05) is 55.0 Å². The van der Waals surface area contributed by atoms with E-state index in [1.54, 1.807) is 0 Å². The lowest BCUT2D eigenvalue weighted by atomic mass is 10.1. The monoisotopic (exact) mass is 304 g/mol. The lowest BCUT2D eigenvalue weighted by Gasteiger charge is -2.21. The number of anilines is 1. The van der Waals surface area contributed by atoms with Crippen molar-refractivity contribution < 1.29 is 4.79 Å². The molecule has 1 unspecified atom stereocenters. The lowest BCUT2D eigenvalue weighted by molar-refractivity contribution is -0.120. The summed E-state index contributed by atoms with van der Waals surface area (Å²) in [6.07, 6.45) is 1.78. The summed E-state index contributed by atoms with van der Waals surface area (Å²) < 4.78 is 0. The van der Waals surface area contributed by atoms with E-state index in [0.29, 0.717) is 5.13 Å². The maximum Gasteiger partial charge on any atom is 0.243 e. The molecule has 1 N–H and O–H groups in total. The molecule has 1 aromatic carbocycles. The largest absolute Gasteiger partial charge is 0.299 e. The van der Waals surface area contributed by atoms with Crippen LogP contribution in [0, 0.1) is 0 Å². The number of benzene rings is 1. The molecule has 0 radical (unpaired) electrons. The van der Waals surface area contributed by atoms with Crippen LogP contribution in [-0.2, 0) is 4.79 Å². The second-order valence-corrected chi connectivity index (χ2v) is 6.01. The van der Waals surface area contributed by atoms with Crippen molar-refractivity contribution in [1.82, 2.24) is 15.1 Å². The maximum atomic E-state index is 12.3. The van der Waals surface area contributed by atoms with Crippen molar-refractivity contribution in [2.75, 3.05) is 19.4 Å². The molecule has 1 atom stereocenters. The molecule has 0 aliphatic carbocycles. The highest BCUT2D eigenvalue weighted by Gasteiger charge is 2.21. The van der Waals surface area contributed by atoms with E-state index in [2.05, 4.69) is 22.4 Å². The summed E-state index contributed by atoms with van der Waals surface area (Å²) in [5.41, 5.74) is 1.01. The van der Waals surface area contributed by atoms with Crippen LogP contribution in [0.1, 0.15) is 19.8 Å². The second-order valence-electron chi connectivity index (χ2n) is 5.04. The number of hydrogen-bond donors (Lipinski definition) is 1. The first-order valence-electron chi connectivity index (χ1n) is 6.98. The van der Waals surface area contributed by atoms with E-state index in [0.717, 1.165) is 23.4 Å². The average Bonchev–Trinajstić information content (AvgIpc) is 2.93. The number of nitrogens with one attached hydrogen (secondary N) is 1. The average molecular weight is 304 g/mol. The Morgan fingerprint density at radius 1 is 1.29 bits per heavy atom. The van der Waals surface area contributed by atoms with Crippen molar-refractivity contribution in [3.8, 4) is 10.6 Å². The third-order valence-electron chi connectivity index (χ3n) is 3.16. The SMILES string of the molecule is CCCC(C(=O)Nc1nnc(-c2ccccc2)s1)N(C)C. The minimum Gasteiger partial charge on any atom is -0.299 e. The summed E-state index contributed by atoms with van der Waals surface area (Å²) in [4.78, 5) is 14.2. The minimum atomic E-state index is -0.140. The Hall–Kier alpha value is -1.79. The fraction of sp³-hybridized carbons (Fsp3) is 0.400. The van der Waals surface area contributed by atoms with Crippen LogP contribution < -0.4 is 5.32 Å². The van der Waals surface area contributed by atoms with Gasteiger partial charge in [0.2, 0.25) is 11.0 Å². The Bertz CT molecular complexity index is 582. The molecule has 0 saturated carbocycles. The smallest absolute Gasteiger partial charge is 0.243 e. The van der Waals surface area contributed by atoms with Gasteiger partial charge in [0.25, 0.3) is 0 Å². The van der Waals surface area contributed by atoms with E-state index < -0.39 is 0 Å². The van der Waals surface area contributed by atoms with E-state index in [-0.39, 0.29) is 11.9 Å². The number of nitrogens with zero attached hydrogens (tertiary/aromatic N) is 3. The normalized spacial score (nSPS) is 12.4. The highest BCUT2D eigenvalue weighted by atomic mass is 32.1. The zero-order chi connectivity index (χ0) is 15.2. The van der Waals surface area contributed by atoms with E-state index >= 15 is 0 Å². The fourth-order valence-corrected chi connectivity index (χ4v) is 2.81. The van der Waals surface area contributed by atoms with Crippen molar-refractivity contribution in [3.63, 3.8) is 0 Å². The first-order valence-corrected chi connectivity index (χ1v) is 7.79. The molecule has 0 saturated heterocycles. The highest BCUT2D eigenvalue weighted by molar-refractivity contribution is 7.18. The van der Waals surface area contributed by atoms with Gasteiger partial charge in [-0.15, -0.1) is 10.2 Å². The van der Waals surface area contributed by atoms with Crippen molar-refractivity contribution in [3.05, 3.63) is 30.3 Å². The molecule has 2 aromatic rings. The number of amides is 1. The standard InChI is InChI=1S/C15H20N4OS/c1-4-8-12(19(2)3)13(20)16-15-18-17-14(21-15)11-9-6-5-7-10-11/h5-7,9-10,12H,4,8H2,1-3H3,(H,16,18,20). The van der Waals surface area contributed by atoms with Crippen LogP contribution in [-0.4, -0.2) is 41.1 Å². The van der Waals surface area contributed by atoms with Gasteiger partial charge in [-0.05, 0) is 20.5 Å². The Morgan fingerprint density at radius 3 is 2.62 bits per heavy atom. The van der Waals surface area contributed by atoms with Gasteiger partial charge in [0.15, 0.2) is 0 Å². The summed E-state index contributed by atoms with van der Waals surface area (Å²) in [5.74, 6) is -0.0300. The molecule has 1 heterocycles. The van der Waals surface area contributed by atoms with Crippen LogP contribution in [0.5, 0.6) is 0 Å². The number of rotatable bonds is 6. The first kappa shape index (κ1) is 15.6. The Morgan fingerprint density at radius 2 is 2.00 bits per heavy atom. The van der Waals surface area contributed by atoms with Crippen molar-refractivity contribution in [2.45, 2.75) is 25.8 Å². The molecule has 2 rings (SSSR count). The van der Waals surface area contributed by atoms with Gasteiger partial charge in [-0.3, -0.25) is 15.0 Å². The molecular weight excluding hydrogens is 284 g/mol. The molecule has 5 nitrogen and oxygen atoms in total. The summed E-state index contributed by atoms with van der Waals surface area (Å²) in [5, 5.41) is 12.4. The molecule has 1 amide bonds. The fourth-order valence-electron chi connectivity index (χ4n) is 2.06. The quantitative estimate of drug-likeness (QED) is 0.891. The summed E-state index contributed by atoms with van der Waals surface area (Å²) >= 11 is 1.39. The molecule has 0 bridgehead atoms. The van der Waals surface area contributed by atoms with Crippen molar-refractivity contribution in [1.29, 1.82) is 0 Å². The molecule has 1 aromatic heterocycles.